The highest BCUT2D eigenvalue weighted by Gasteiger charge is 2.17. The van der Waals surface area contributed by atoms with Crippen LogP contribution < -0.4 is 4.74 Å². The summed E-state index contributed by atoms with van der Waals surface area (Å²) in [5.41, 5.74) is 2.73. The van der Waals surface area contributed by atoms with Crippen molar-refractivity contribution < 1.29 is 9.84 Å². The molecule has 0 saturated heterocycles. The van der Waals surface area contributed by atoms with E-state index in [0.29, 0.717) is 0 Å². The molecular formula is C15H20N2O2. The molecule has 0 spiro atoms. The van der Waals surface area contributed by atoms with Gasteiger partial charge in [0.25, 0.3) is 0 Å². The van der Waals surface area contributed by atoms with E-state index in [1.807, 2.05) is 29.7 Å². The molecule has 1 unspecified atom stereocenters. The second-order valence-corrected chi connectivity index (χ2v) is 4.64. The van der Waals surface area contributed by atoms with Gasteiger partial charge in [0.15, 0.2) is 0 Å². The summed E-state index contributed by atoms with van der Waals surface area (Å²) in [7, 11) is 1.64. The van der Waals surface area contributed by atoms with Gasteiger partial charge in [-0.2, -0.15) is 0 Å². The van der Waals surface area contributed by atoms with Gasteiger partial charge in [0, 0.05) is 6.54 Å². The SMILES string of the molecule is CCCn1cncc1C(O)c1ccc(OC)cc1C. The van der Waals surface area contributed by atoms with E-state index >= 15 is 0 Å². The molecule has 0 fully saturated rings. The number of imidazole rings is 1. The van der Waals surface area contributed by atoms with Crippen LogP contribution in [0.4, 0.5) is 0 Å². The number of aliphatic hydroxyl groups is 1. The number of aliphatic hydroxyl groups excluding tert-OH is 1. The molecule has 0 amide bonds. The fourth-order valence-electron chi connectivity index (χ4n) is 2.23. The molecule has 2 aromatic rings. The number of aromatic nitrogens is 2. The molecule has 0 bridgehead atoms. The number of aryl methyl sites for hydroxylation is 2. The predicted octanol–water partition coefficient (Wildman–Crippen LogP) is 2.69. The van der Waals surface area contributed by atoms with E-state index in [1.54, 1.807) is 19.6 Å². The molecule has 1 atom stereocenters. The van der Waals surface area contributed by atoms with E-state index < -0.39 is 6.10 Å². The molecule has 1 N–H and O–H groups in total. The van der Waals surface area contributed by atoms with Crippen molar-refractivity contribution in [1.29, 1.82) is 0 Å². The minimum absolute atomic E-state index is 0.653. The Bertz CT molecular complexity index is 549. The van der Waals surface area contributed by atoms with Gasteiger partial charge in [-0.3, -0.25) is 0 Å². The zero-order valence-electron chi connectivity index (χ0n) is 11.6. The molecule has 0 aliphatic heterocycles. The van der Waals surface area contributed by atoms with Crippen LogP contribution in [-0.4, -0.2) is 21.8 Å². The van der Waals surface area contributed by atoms with Gasteiger partial charge >= 0.3 is 0 Å². The van der Waals surface area contributed by atoms with Crippen LogP contribution in [0.15, 0.2) is 30.7 Å². The van der Waals surface area contributed by atoms with Crippen molar-refractivity contribution >= 4 is 0 Å². The van der Waals surface area contributed by atoms with Crippen molar-refractivity contribution in [3.63, 3.8) is 0 Å². The second kappa shape index (κ2) is 5.89. The summed E-state index contributed by atoms with van der Waals surface area (Å²) in [5, 5.41) is 10.5. The number of hydrogen-bond donors (Lipinski definition) is 1. The summed E-state index contributed by atoms with van der Waals surface area (Å²) in [4.78, 5) is 4.13. The fraction of sp³-hybridized carbons (Fsp3) is 0.400. The van der Waals surface area contributed by atoms with Crippen molar-refractivity contribution in [3.05, 3.63) is 47.5 Å². The molecule has 102 valence electrons. The zero-order chi connectivity index (χ0) is 13.8. The van der Waals surface area contributed by atoms with Crippen LogP contribution in [0.25, 0.3) is 0 Å². The Kier molecular flexibility index (Phi) is 4.22. The molecule has 0 saturated carbocycles. The molecule has 0 radical (unpaired) electrons. The maximum absolute atomic E-state index is 10.5. The first-order valence-corrected chi connectivity index (χ1v) is 6.50. The molecule has 4 nitrogen and oxygen atoms in total. The highest BCUT2D eigenvalue weighted by molar-refractivity contribution is 5.38. The van der Waals surface area contributed by atoms with Crippen molar-refractivity contribution in [2.75, 3.05) is 7.11 Å². The summed E-state index contributed by atoms with van der Waals surface area (Å²) < 4.78 is 7.18. The molecule has 4 heteroatoms. The van der Waals surface area contributed by atoms with Crippen LogP contribution in [0, 0.1) is 6.92 Å². The molecule has 19 heavy (non-hydrogen) atoms. The fourth-order valence-corrected chi connectivity index (χ4v) is 2.23. The maximum atomic E-state index is 10.5. The Morgan fingerprint density at radius 1 is 1.42 bits per heavy atom. The first-order chi connectivity index (χ1) is 9.17. The quantitative estimate of drug-likeness (QED) is 0.899. The normalized spacial score (nSPS) is 12.4. The summed E-state index contributed by atoms with van der Waals surface area (Å²) in [5.74, 6) is 0.801. The minimum atomic E-state index is -0.653. The lowest BCUT2D eigenvalue weighted by atomic mass is 10.0. The van der Waals surface area contributed by atoms with Crippen molar-refractivity contribution in [3.8, 4) is 5.75 Å². The number of methoxy groups -OCH3 is 1. The van der Waals surface area contributed by atoms with E-state index in [9.17, 15) is 5.11 Å². The third kappa shape index (κ3) is 2.79. The summed E-state index contributed by atoms with van der Waals surface area (Å²) >= 11 is 0. The van der Waals surface area contributed by atoms with Gasteiger partial charge in [-0.1, -0.05) is 13.0 Å². The first kappa shape index (κ1) is 13.6. The average Bonchev–Trinajstić information content (AvgIpc) is 2.86. The first-order valence-electron chi connectivity index (χ1n) is 6.50. The Morgan fingerprint density at radius 3 is 2.84 bits per heavy atom. The van der Waals surface area contributed by atoms with E-state index in [-0.39, 0.29) is 0 Å². The van der Waals surface area contributed by atoms with E-state index in [4.69, 9.17) is 4.74 Å². The lowest BCUT2D eigenvalue weighted by Crippen LogP contribution is -2.09. The highest BCUT2D eigenvalue weighted by atomic mass is 16.5. The Balaban J connectivity index is 2.33. The molecule has 1 heterocycles. The van der Waals surface area contributed by atoms with Crippen LogP contribution in [0.5, 0.6) is 5.75 Å². The topological polar surface area (TPSA) is 47.3 Å². The van der Waals surface area contributed by atoms with E-state index in [0.717, 1.165) is 35.5 Å². The lowest BCUT2D eigenvalue weighted by Gasteiger charge is -2.16. The van der Waals surface area contributed by atoms with Gasteiger partial charge in [0.2, 0.25) is 0 Å². The number of ether oxygens (including phenoxy) is 1. The predicted molar refractivity (Wildman–Crippen MR) is 74.3 cm³/mol. The standard InChI is InChI=1S/C15H20N2O2/c1-4-7-17-10-16-9-14(17)15(18)13-6-5-12(19-3)8-11(13)2/h5-6,8-10,15,18H,4,7H2,1-3H3. The lowest BCUT2D eigenvalue weighted by molar-refractivity contribution is 0.209. The summed E-state index contributed by atoms with van der Waals surface area (Å²) in [6.45, 7) is 4.94. The Hall–Kier alpha value is -1.81. The summed E-state index contributed by atoms with van der Waals surface area (Å²) in [6, 6.07) is 5.70. The van der Waals surface area contributed by atoms with Gasteiger partial charge in [-0.05, 0) is 36.6 Å². The molecule has 0 aliphatic rings. The summed E-state index contributed by atoms with van der Waals surface area (Å²) in [6.07, 6.45) is 3.85. The third-order valence-corrected chi connectivity index (χ3v) is 3.26. The van der Waals surface area contributed by atoms with Gasteiger partial charge in [0.05, 0.1) is 25.3 Å². The minimum Gasteiger partial charge on any atom is -0.497 e. The van der Waals surface area contributed by atoms with Crippen molar-refractivity contribution in [2.45, 2.75) is 32.9 Å². The Labute approximate surface area is 113 Å². The highest BCUT2D eigenvalue weighted by Crippen LogP contribution is 2.27. The molecule has 1 aromatic carbocycles. The smallest absolute Gasteiger partial charge is 0.121 e. The van der Waals surface area contributed by atoms with Gasteiger partial charge < -0.3 is 14.4 Å². The third-order valence-electron chi connectivity index (χ3n) is 3.26. The molecule has 1 aromatic heterocycles. The van der Waals surface area contributed by atoms with Crippen LogP contribution in [0.1, 0.15) is 36.3 Å². The van der Waals surface area contributed by atoms with E-state index in [1.165, 1.54) is 0 Å². The number of rotatable bonds is 5. The van der Waals surface area contributed by atoms with Crippen molar-refractivity contribution in [2.24, 2.45) is 0 Å². The number of benzene rings is 1. The van der Waals surface area contributed by atoms with Crippen LogP contribution in [0.3, 0.4) is 0 Å². The second-order valence-electron chi connectivity index (χ2n) is 4.64. The van der Waals surface area contributed by atoms with Crippen molar-refractivity contribution in [1.82, 2.24) is 9.55 Å². The van der Waals surface area contributed by atoms with Crippen LogP contribution in [0.2, 0.25) is 0 Å². The maximum Gasteiger partial charge on any atom is 0.121 e. The van der Waals surface area contributed by atoms with Crippen LogP contribution >= 0.6 is 0 Å². The van der Waals surface area contributed by atoms with Gasteiger partial charge in [-0.15, -0.1) is 0 Å². The van der Waals surface area contributed by atoms with E-state index in [2.05, 4.69) is 11.9 Å². The Morgan fingerprint density at radius 2 is 2.21 bits per heavy atom. The number of nitrogens with zero attached hydrogens (tertiary/aromatic N) is 2. The van der Waals surface area contributed by atoms with Crippen LogP contribution in [-0.2, 0) is 6.54 Å². The monoisotopic (exact) mass is 260 g/mol. The molecular weight excluding hydrogens is 240 g/mol. The van der Waals surface area contributed by atoms with Gasteiger partial charge in [-0.25, -0.2) is 4.98 Å². The molecule has 0 aliphatic carbocycles. The molecule has 2 rings (SSSR count). The number of hydrogen-bond acceptors (Lipinski definition) is 3. The zero-order valence-corrected chi connectivity index (χ0v) is 11.6. The average molecular weight is 260 g/mol. The van der Waals surface area contributed by atoms with Gasteiger partial charge in [0.1, 0.15) is 11.9 Å². The largest absolute Gasteiger partial charge is 0.497 e.